The summed E-state index contributed by atoms with van der Waals surface area (Å²) in [5.41, 5.74) is 5.41. The van der Waals surface area contributed by atoms with Crippen molar-refractivity contribution in [3.63, 3.8) is 0 Å². The van der Waals surface area contributed by atoms with Gasteiger partial charge in [-0.3, -0.25) is 18.6 Å². The molecule has 10 heteroatoms. The number of phosphoric ester groups is 1. The summed E-state index contributed by atoms with van der Waals surface area (Å²) in [7, 11) is -4.39. The number of rotatable bonds is 71. The van der Waals surface area contributed by atoms with Crippen molar-refractivity contribution < 1.29 is 37.6 Å². The van der Waals surface area contributed by atoms with Crippen molar-refractivity contribution in [2.24, 2.45) is 5.73 Å². The highest BCUT2D eigenvalue weighted by Gasteiger charge is 2.26. The van der Waals surface area contributed by atoms with E-state index in [4.69, 9.17) is 24.3 Å². The largest absolute Gasteiger partial charge is 0.472 e. The maximum absolute atomic E-state index is 12.8. The topological polar surface area (TPSA) is 134 Å². The zero-order valence-electron chi connectivity index (χ0n) is 56.4. The number of allylic oxidation sites excluding steroid dienone is 8. The highest BCUT2D eigenvalue weighted by Crippen LogP contribution is 2.43. The van der Waals surface area contributed by atoms with E-state index < -0.39 is 26.5 Å². The second kappa shape index (κ2) is 71.1. The van der Waals surface area contributed by atoms with Crippen LogP contribution in [0.5, 0.6) is 0 Å². The van der Waals surface area contributed by atoms with Crippen molar-refractivity contribution >= 4 is 19.8 Å². The third-order valence-corrected chi connectivity index (χ3v) is 17.7. The minimum Gasteiger partial charge on any atom is -0.462 e. The standard InChI is InChI=1S/C75H142NO8P/c1-3-5-7-9-11-13-15-17-19-21-23-25-27-29-31-33-35-36-38-40-42-44-46-48-50-52-54-56-58-60-62-64-66-68-75(78)84-73(72-83-85(79,80)82-70-69-76)71-81-74(77)67-65-63-61-59-57-55-53-51-49-47-45-43-41-39-37-34-32-30-28-26-24-22-20-18-16-14-12-10-8-6-4-2/h5,7,11,13,17,19,23,25,73H,3-4,6,8-10,12,14-16,18,20-22,24,26-72,76H2,1-2H3,(H,79,80)/b7-5-,13-11-,19-17-,25-23-. The molecule has 2 atom stereocenters. The van der Waals surface area contributed by atoms with Crippen LogP contribution >= 0.6 is 7.82 Å². The number of esters is 2. The molecular weight excluding hydrogens is 1070 g/mol. The van der Waals surface area contributed by atoms with Gasteiger partial charge in [-0.2, -0.15) is 0 Å². The highest BCUT2D eigenvalue weighted by atomic mass is 31.2. The van der Waals surface area contributed by atoms with Gasteiger partial charge in [0, 0.05) is 19.4 Å². The number of hydrogen-bond acceptors (Lipinski definition) is 8. The first-order valence-corrected chi connectivity index (χ1v) is 38.6. The summed E-state index contributed by atoms with van der Waals surface area (Å²) >= 11 is 0. The van der Waals surface area contributed by atoms with Crippen molar-refractivity contribution in [2.45, 2.75) is 392 Å². The lowest BCUT2D eigenvalue weighted by Crippen LogP contribution is -2.29. The molecule has 85 heavy (non-hydrogen) atoms. The van der Waals surface area contributed by atoms with Crippen LogP contribution in [0.3, 0.4) is 0 Å². The fourth-order valence-electron chi connectivity index (χ4n) is 11.3. The zero-order valence-corrected chi connectivity index (χ0v) is 57.3. The van der Waals surface area contributed by atoms with Crippen molar-refractivity contribution in [2.75, 3.05) is 26.4 Å². The number of carbonyl (C=O) groups excluding carboxylic acids is 2. The normalized spacial score (nSPS) is 13.1. The molecule has 0 aliphatic rings. The first-order valence-electron chi connectivity index (χ1n) is 37.1. The third kappa shape index (κ3) is 70.9. The van der Waals surface area contributed by atoms with Crippen molar-refractivity contribution in [3.05, 3.63) is 48.6 Å². The van der Waals surface area contributed by atoms with E-state index in [1.54, 1.807) is 0 Å². The molecule has 9 nitrogen and oxygen atoms in total. The monoisotopic (exact) mass is 1220 g/mol. The van der Waals surface area contributed by atoms with Crippen molar-refractivity contribution in [1.82, 2.24) is 0 Å². The Morgan fingerprint density at radius 2 is 0.647 bits per heavy atom. The second-order valence-corrected chi connectivity index (χ2v) is 26.6. The first kappa shape index (κ1) is 83.0. The molecule has 0 aliphatic heterocycles. The van der Waals surface area contributed by atoms with Crippen molar-refractivity contribution in [1.29, 1.82) is 0 Å². The fourth-order valence-corrected chi connectivity index (χ4v) is 12.0. The summed E-state index contributed by atoms with van der Waals surface area (Å²) in [4.78, 5) is 35.4. The van der Waals surface area contributed by atoms with Gasteiger partial charge in [-0.15, -0.1) is 0 Å². The molecule has 0 amide bonds. The molecule has 0 saturated carbocycles. The van der Waals surface area contributed by atoms with Gasteiger partial charge in [-0.05, 0) is 51.4 Å². The van der Waals surface area contributed by atoms with Crippen molar-refractivity contribution in [3.8, 4) is 0 Å². The molecule has 0 bridgehead atoms. The predicted octanol–water partition coefficient (Wildman–Crippen LogP) is 24.4. The molecule has 0 radical (unpaired) electrons. The molecule has 0 fully saturated rings. The Balaban J connectivity index is 3.79. The van der Waals surface area contributed by atoms with E-state index >= 15 is 0 Å². The quantitative estimate of drug-likeness (QED) is 0.0264. The van der Waals surface area contributed by atoms with Crippen LogP contribution < -0.4 is 5.73 Å². The maximum atomic E-state index is 12.8. The summed E-state index contributed by atoms with van der Waals surface area (Å²) in [5.74, 6) is -0.803. The Hall–Kier alpha value is -2.03. The van der Waals surface area contributed by atoms with E-state index in [1.807, 2.05) is 0 Å². The SMILES string of the molecule is CC/C=C\C/C=C\C/C=C\C/C=C\CCCCCCCCCCCCCCCCCCCCCCC(=O)OC(COC(=O)CCCCCCCCCCCCCCCCCCCCCCCCCCCCCCCCC)COP(=O)(O)OCCN. The van der Waals surface area contributed by atoms with Gasteiger partial charge in [0.15, 0.2) is 6.10 Å². The van der Waals surface area contributed by atoms with Crippen LogP contribution in [0.4, 0.5) is 0 Å². The smallest absolute Gasteiger partial charge is 0.462 e. The van der Waals surface area contributed by atoms with E-state index in [0.29, 0.717) is 6.42 Å². The van der Waals surface area contributed by atoms with E-state index in [0.717, 1.165) is 57.8 Å². The molecular formula is C75H142NO8P. The summed E-state index contributed by atoms with van der Waals surface area (Å²) in [6, 6.07) is 0. The van der Waals surface area contributed by atoms with E-state index in [2.05, 4.69) is 62.5 Å². The van der Waals surface area contributed by atoms with Gasteiger partial charge in [-0.1, -0.05) is 371 Å². The minimum absolute atomic E-state index is 0.0559. The summed E-state index contributed by atoms with van der Waals surface area (Å²) < 4.78 is 33.2. The summed E-state index contributed by atoms with van der Waals surface area (Å²) in [6.07, 6.45) is 90.9. The van der Waals surface area contributed by atoms with E-state index in [9.17, 15) is 19.0 Å². The number of carbonyl (C=O) groups is 2. The Morgan fingerprint density at radius 3 is 0.965 bits per heavy atom. The van der Waals surface area contributed by atoms with Gasteiger partial charge in [0.25, 0.3) is 0 Å². The molecule has 3 N–H and O–H groups in total. The lowest BCUT2D eigenvalue weighted by molar-refractivity contribution is -0.161. The lowest BCUT2D eigenvalue weighted by atomic mass is 10.0. The molecule has 0 aliphatic carbocycles. The Morgan fingerprint density at radius 1 is 0.365 bits per heavy atom. The molecule has 0 aromatic heterocycles. The third-order valence-electron chi connectivity index (χ3n) is 16.7. The van der Waals surface area contributed by atoms with E-state index in [-0.39, 0.29) is 38.6 Å². The number of hydrogen-bond donors (Lipinski definition) is 2. The van der Waals surface area contributed by atoms with Crippen LogP contribution in [0, 0.1) is 0 Å². The predicted molar refractivity (Wildman–Crippen MR) is 367 cm³/mol. The average Bonchev–Trinajstić information content (AvgIpc) is 3.52. The zero-order chi connectivity index (χ0) is 61.6. The molecule has 0 spiro atoms. The number of nitrogens with two attached hydrogens (primary N) is 1. The first-order chi connectivity index (χ1) is 41.8. The Kier molecular flexibility index (Phi) is 69.4. The molecule has 0 aromatic carbocycles. The maximum Gasteiger partial charge on any atom is 0.472 e. The number of ether oxygens (including phenoxy) is 2. The van der Waals surface area contributed by atoms with Gasteiger partial charge < -0.3 is 20.1 Å². The lowest BCUT2D eigenvalue weighted by Gasteiger charge is -2.19. The van der Waals surface area contributed by atoms with Gasteiger partial charge in [0.2, 0.25) is 0 Å². The molecule has 0 rings (SSSR count). The van der Waals surface area contributed by atoms with Gasteiger partial charge in [0.05, 0.1) is 13.2 Å². The van der Waals surface area contributed by atoms with Gasteiger partial charge >= 0.3 is 19.8 Å². The Labute approximate surface area is 527 Å². The molecule has 500 valence electrons. The molecule has 2 unspecified atom stereocenters. The van der Waals surface area contributed by atoms with Gasteiger partial charge in [0.1, 0.15) is 6.61 Å². The van der Waals surface area contributed by atoms with Crippen LogP contribution in [-0.2, 0) is 32.7 Å². The van der Waals surface area contributed by atoms with E-state index in [1.165, 1.54) is 295 Å². The second-order valence-electron chi connectivity index (χ2n) is 25.1. The Bertz CT molecular complexity index is 1530. The summed E-state index contributed by atoms with van der Waals surface area (Å²) in [6.45, 7) is 3.71. The van der Waals surface area contributed by atoms with Gasteiger partial charge in [-0.25, -0.2) is 4.57 Å². The molecule has 0 heterocycles. The summed E-state index contributed by atoms with van der Waals surface area (Å²) in [5, 5.41) is 0. The van der Waals surface area contributed by atoms with Crippen LogP contribution in [-0.4, -0.2) is 49.3 Å². The average molecular weight is 1220 g/mol. The molecule has 0 aromatic rings. The van der Waals surface area contributed by atoms with Crippen LogP contribution in [0.1, 0.15) is 386 Å². The van der Waals surface area contributed by atoms with Crippen LogP contribution in [0.25, 0.3) is 0 Å². The number of unbranched alkanes of at least 4 members (excludes halogenated alkanes) is 50. The highest BCUT2D eigenvalue weighted by molar-refractivity contribution is 7.47. The molecule has 0 saturated heterocycles. The van der Waals surface area contributed by atoms with Crippen LogP contribution in [0.15, 0.2) is 48.6 Å². The number of phosphoric acid groups is 1. The minimum atomic E-state index is -4.39. The van der Waals surface area contributed by atoms with Crippen LogP contribution in [0.2, 0.25) is 0 Å². The fraction of sp³-hybridized carbons (Fsp3) is 0.867.